The van der Waals surface area contributed by atoms with Gasteiger partial charge in [0.1, 0.15) is 11.3 Å². The van der Waals surface area contributed by atoms with Crippen molar-refractivity contribution in [3.63, 3.8) is 0 Å². The predicted octanol–water partition coefficient (Wildman–Crippen LogP) is 3.45. The Bertz CT molecular complexity index is 761. The van der Waals surface area contributed by atoms with Crippen LogP contribution >= 0.6 is 0 Å². The summed E-state index contributed by atoms with van der Waals surface area (Å²) in [7, 11) is 0. The third-order valence-electron chi connectivity index (χ3n) is 5.09. The van der Waals surface area contributed by atoms with Gasteiger partial charge in [0.05, 0.1) is 18.7 Å². The fourth-order valence-corrected chi connectivity index (χ4v) is 3.89. The van der Waals surface area contributed by atoms with Crippen molar-refractivity contribution >= 4 is 12.1 Å². The fraction of sp³-hybridized carbons (Fsp3) is 0.636. The standard InChI is InChI=1S/C22H32N2O6/c1-15(25)28-19-12-17(23(30-19)13-16-10-8-7-9-11-16)18-14-27-22(5,6)24(18)20(26)29-21(2,3)4/h7-11,17-19H,12-14H2,1-6H3/t17-,18-,19?/m0/s1. The van der Waals surface area contributed by atoms with Crippen molar-refractivity contribution in [3.05, 3.63) is 35.9 Å². The van der Waals surface area contributed by atoms with E-state index in [2.05, 4.69) is 0 Å². The fourth-order valence-electron chi connectivity index (χ4n) is 3.89. The van der Waals surface area contributed by atoms with Crippen molar-refractivity contribution in [1.29, 1.82) is 0 Å². The molecule has 2 saturated heterocycles. The molecule has 2 aliphatic rings. The molecule has 1 amide bonds. The van der Waals surface area contributed by atoms with Crippen LogP contribution in [-0.4, -0.2) is 58.3 Å². The summed E-state index contributed by atoms with van der Waals surface area (Å²) in [6, 6.07) is 9.31. The topological polar surface area (TPSA) is 77.5 Å². The third-order valence-corrected chi connectivity index (χ3v) is 5.09. The molecule has 3 atom stereocenters. The minimum absolute atomic E-state index is 0.233. The Labute approximate surface area is 178 Å². The van der Waals surface area contributed by atoms with Crippen LogP contribution in [0.4, 0.5) is 4.79 Å². The van der Waals surface area contributed by atoms with Crippen LogP contribution in [0.25, 0.3) is 0 Å². The summed E-state index contributed by atoms with van der Waals surface area (Å²) in [6.45, 7) is 11.4. The van der Waals surface area contributed by atoms with Gasteiger partial charge in [-0.2, -0.15) is 5.06 Å². The highest BCUT2D eigenvalue weighted by molar-refractivity contribution is 5.70. The lowest BCUT2D eigenvalue weighted by molar-refractivity contribution is -0.241. The monoisotopic (exact) mass is 420 g/mol. The molecule has 0 bridgehead atoms. The molecule has 0 saturated carbocycles. The molecular weight excluding hydrogens is 388 g/mol. The lowest BCUT2D eigenvalue weighted by atomic mass is 10.0. The molecule has 30 heavy (non-hydrogen) atoms. The average molecular weight is 421 g/mol. The number of nitrogens with zero attached hydrogens (tertiary/aromatic N) is 2. The second-order valence-electron chi connectivity index (χ2n) is 9.18. The smallest absolute Gasteiger partial charge is 0.412 e. The molecule has 1 unspecified atom stereocenters. The van der Waals surface area contributed by atoms with Crippen LogP contribution in [0.2, 0.25) is 0 Å². The van der Waals surface area contributed by atoms with Gasteiger partial charge in [0.15, 0.2) is 0 Å². The summed E-state index contributed by atoms with van der Waals surface area (Å²) in [5, 5.41) is 1.79. The first-order valence-corrected chi connectivity index (χ1v) is 10.3. The van der Waals surface area contributed by atoms with E-state index in [1.165, 1.54) is 6.92 Å². The molecule has 166 valence electrons. The third kappa shape index (κ3) is 5.30. The van der Waals surface area contributed by atoms with Crippen molar-refractivity contribution in [1.82, 2.24) is 9.96 Å². The second kappa shape index (κ2) is 8.53. The molecule has 2 fully saturated rings. The first-order valence-electron chi connectivity index (χ1n) is 10.3. The lowest BCUT2D eigenvalue weighted by Gasteiger charge is -2.38. The maximum atomic E-state index is 13.0. The zero-order chi connectivity index (χ0) is 22.1. The molecule has 3 rings (SSSR count). The van der Waals surface area contributed by atoms with E-state index in [0.29, 0.717) is 19.6 Å². The molecule has 1 aromatic carbocycles. The van der Waals surface area contributed by atoms with Gasteiger partial charge in [0, 0.05) is 19.9 Å². The van der Waals surface area contributed by atoms with Gasteiger partial charge in [-0.3, -0.25) is 14.5 Å². The molecule has 8 heteroatoms. The zero-order valence-electron chi connectivity index (χ0n) is 18.6. The molecule has 0 aromatic heterocycles. The Balaban J connectivity index is 1.85. The Morgan fingerprint density at radius 1 is 1.17 bits per heavy atom. The van der Waals surface area contributed by atoms with E-state index in [-0.39, 0.29) is 12.1 Å². The Morgan fingerprint density at radius 2 is 1.83 bits per heavy atom. The molecule has 0 N–H and O–H groups in total. The first-order chi connectivity index (χ1) is 14.0. The highest BCUT2D eigenvalue weighted by Gasteiger charge is 2.53. The van der Waals surface area contributed by atoms with Crippen molar-refractivity contribution in [2.45, 2.75) is 84.2 Å². The van der Waals surface area contributed by atoms with Crippen LogP contribution in [-0.2, 0) is 30.4 Å². The highest BCUT2D eigenvalue weighted by atomic mass is 16.8. The highest BCUT2D eigenvalue weighted by Crippen LogP contribution is 2.37. The number of hydrogen-bond donors (Lipinski definition) is 0. The van der Waals surface area contributed by atoms with E-state index >= 15 is 0 Å². The number of rotatable bonds is 4. The number of esters is 1. The van der Waals surface area contributed by atoms with Crippen LogP contribution in [0.5, 0.6) is 0 Å². The van der Waals surface area contributed by atoms with E-state index in [1.807, 2.05) is 65.0 Å². The number of carbonyl (C=O) groups is 2. The van der Waals surface area contributed by atoms with E-state index in [0.717, 1.165) is 5.56 Å². The summed E-state index contributed by atoms with van der Waals surface area (Å²) in [6.07, 6.45) is -0.721. The SMILES string of the molecule is CC(=O)OC1C[C@@H]([C@@H]2COC(C)(C)N2C(=O)OC(C)(C)C)N(Cc2ccccc2)O1. The molecule has 0 spiro atoms. The number of amides is 1. The minimum Gasteiger partial charge on any atom is -0.444 e. The van der Waals surface area contributed by atoms with Crippen molar-refractivity contribution in [3.8, 4) is 0 Å². The van der Waals surface area contributed by atoms with Gasteiger partial charge < -0.3 is 14.2 Å². The van der Waals surface area contributed by atoms with Crippen molar-refractivity contribution < 1.29 is 28.6 Å². The predicted molar refractivity (Wildman–Crippen MR) is 109 cm³/mol. The maximum absolute atomic E-state index is 13.0. The summed E-state index contributed by atoms with van der Waals surface area (Å²) in [5.41, 5.74) is -0.408. The van der Waals surface area contributed by atoms with E-state index in [9.17, 15) is 9.59 Å². The summed E-state index contributed by atoms with van der Waals surface area (Å²) in [4.78, 5) is 32.1. The molecular formula is C22H32N2O6. The molecule has 1 aromatic rings. The normalized spacial score (nSPS) is 26.6. The Morgan fingerprint density at radius 3 is 2.43 bits per heavy atom. The summed E-state index contributed by atoms with van der Waals surface area (Å²) < 4.78 is 16.9. The zero-order valence-corrected chi connectivity index (χ0v) is 18.6. The number of hydrogen-bond acceptors (Lipinski definition) is 7. The van der Waals surface area contributed by atoms with Crippen LogP contribution in [0, 0.1) is 0 Å². The first kappa shape index (κ1) is 22.5. The number of benzene rings is 1. The second-order valence-corrected chi connectivity index (χ2v) is 9.18. The van der Waals surface area contributed by atoms with Crippen LogP contribution in [0.3, 0.4) is 0 Å². The van der Waals surface area contributed by atoms with Gasteiger partial charge in [0.2, 0.25) is 6.29 Å². The Hall–Kier alpha value is -2.16. The molecule has 0 aliphatic carbocycles. The number of carbonyl (C=O) groups excluding carboxylic acids is 2. The lowest BCUT2D eigenvalue weighted by Crippen LogP contribution is -2.55. The van der Waals surface area contributed by atoms with E-state index < -0.39 is 29.7 Å². The quantitative estimate of drug-likeness (QED) is 0.691. The van der Waals surface area contributed by atoms with Crippen molar-refractivity contribution in [2.75, 3.05) is 6.61 Å². The summed E-state index contributed by atoms with van der Waals surface area (Å²) in [5.74, 6) is -0.410. The van der Waals surface area contributed by atoms with Crippen molar-refractivity contribution in [2.24, 2.45) is 0 Å². The van der Waals surface area contributed by atoms with Gasteiger partial charge in [-0.15, -0.1) is 0 Å². The number of ether oxygens (including phenoxy) is 3. The van der Waals surface area contributed by atoms with Crippen LogP contribution in [0.15, 0.2) is 30.3 Å². The van der Waals surface area contributed by atoms with Gasteiger partial charge in [0.25, 0.3) is 0 Å². The van der Waals surface area contributed by atoms with Crippen LogP contribution < -0.4 is 0 Å². The number of hydroxylamine groups is 2. The average Bonchev–Trinajstić information content (AvgIpc) is 3.13. The molecule has 0 radical (unpaired) electrons. The maximum Gasteiger partial charge on any atom is 0.412 e. The Kier molecular flexibility index (Phi) is 6.40. The summed E-state index contributed by atoms with van der Waals surface area (Å²) >= 11 is 0. The van der Waals surface area contributed by atoms with Crippen LogP contribution in [0.1, 0.15) is 53.5 Å². The van der Waals surface area contributed by atoms with E-state index in [4.69, 9.17) is 19.0 Å². The van der Waals surface area contributed by atoms with Gasteiger partial charge >= 0.3 is 12.1 Å². The van der Waals surface area contributed by atoms with Gasteiger partial charge in [-0.25, -0.2) is 4.79 Å². The van der Waals surface area contributed by atoms with Gasteiger partial charge in [-0.1, -0.05) is 30.3 Å². The van der Waals surface area contributed by atoms with Gasteiger partial charge in [-0.05, 0) is 40.2 Å². The molecule has 2 heterocycles. The molecule has 8 nitrogen and oxygen atoms in total. The molecule has 2 aliphatic heterocycles. The largest absolute Gasteiger partial charge is 0.444 e. The minimum atomic E-state index is -0.828. The van der Waals surface area contributed by atoms with E-state index in [1.54, 1.807) is 9.96 Å².